The molecule has 1 amide bonds. The number of hydrogen-bond acceptors (Lipinski definition) is 3. The maximum absolute atomic E-state index is 11.1. The monoisotopic (exact) mass is 310 g/mol. The average Bonchev–Trinajstić information content (AvgIpc) is 2.37. The molecule has 1 atom stereocenters. The molecule has 1 rings (SSSR count). The number of nitriles is 1. The van der Waals surface area contributed by atoms with Crippen molar-refractivity contribution in [3.63, 3.8) is 0 Å². The second-order valence-electron chi connectivity index (χ2n) is 3.95. The van der Waals surface area contributed by atoms with Crippen LogP contribution in [0.5, 0.6) is 5.75 Å². The highest BCUT2D eigenvalue weighted by molar-refractivity contribution is 9.10. The van der Waals surface area contributed by atoms with Gasteiger partial charge in [0, 0.05) is 22.6 Å². The summed E-state index contributed by atoms with van der Waals surface area (Å²) in [5, 5.41) is 8.66. The van der Waals surface area contributed by atoms with E-state index < -0.39 is 0 Å². The van der Waals surface area contributed by atoms with Gasteiger partial charge in [-0.1, -0.05) is 22.0 Å². The van der Waals surface area contributed by atoms with Gasteiger partial charge in [0.25, 0.3) is 0 Å². The highest BCUT2D eigenvalue weighted by Gasteiger charge is 2.14. The second kappa shape index (κ2) is 7.02. The SMILES string of the molecule is COc1cc(Br)ccc1CN(C=O)C(C)CC#N. The number of benzene rings is 1. The lowest BCUT2D eigenvalue weighted by molar-refractivity contribution is -0.120. The Balaban J connectivity index is 2.88. The van der Waals surface area contributed by atoms with E-state index in [1.54, 1.807) is 12.0 Å². The molecule has 0 bridgehead atoms. The van der Waals surface area contributed by atoms with Crippen molar-refractivity contribution in [3.05, 3.63) is 28.2 Å². The van der Waals surface area contributed by atoms with Crippen LogP contribution in [0.1, 0.15) is 18.9 Å². The first kappa shape index (κ1) is 14.5. The maximum atomic E-state index is 11.1. The third kappa shape index (κ3) is 3.74. The molecule has 0 fully saturated rings. The number of methoxy groups -OCH3 is 1. The zero-order valence-corrected chi connectivity index (χ0v) is 12.0. The van der Waals surface area contributed by atoms with Crippen LogP contribution in [0.25, 0.3) is 0 Å². The number of nitrogens with zero attached hydrogens (tertiary/aromatic N) is 2. The molecule has 4 nitrogen and oxygen atoms in total. The van der Waals surface area contributed by atoms with Crippen molar-refractivity contribution >= 4 is 22.3 Å². The van der Waals surface area contributed by atoms with E-state index >= 15 is 0 Å². The molecule has 0 N–H and O–H groups in total. The summed E-state index contributed by atoms with van der Waals surface area (Å²) in [5.74, 6) is 0.723. The van der Waals surface area contributed by atoms with Gasteiger partial charge in [0.1, 0.15) is 5.75 Å². The van der Waals surface area contributed by atoms with Gasteiger partial charge in [0.2, 0.25) is 6.41 Å². The van der Waals surface area contributed by atoms with Crippen LogP contribution < -0.4 is 4.74 Å². The molecule has 0 radical (unpaired) electrons. The van der Waals surface area contributed by atoms with Crippen LogP contribution in [0.2, 0.25) is 0 Å². The van der Waals surface area contributed by atoms with Crippen molar-refractivity contribution in [3.8, 4) is 11.8 Å². The van der Waals surface area contributed by atoms with E-state index in [9.17, 15) is 4.79 Å². The molecule has 0 aliphatic carbocycles. The smallest absolute Gasteiger partial charge is 0.210 e. The van der Waals surface area contributed by atoms with Gasteiger partial charge in [0.05, 0.1) is 19.6 Å². The van der Waals surface area contributed by atoms with Crippen LogP contribution in [0.4, 0.5) is 0 Å². The third-order valence-corrected chi connectivity index (χ3v) is 3.18. The Morgan fingerprint density at radius 1 is 1.61 bits per heavy atom. The molecule has 0 saturated carbocycles. The molecule has 0 aliphatic rings. The van der Waals surface area contributed by atoms with E-state index in [0.717, 1.165) is 22.2 Å². The molecule has 1 aromatic rings. The third-order valence-electron chi connectivity index (χ3n) is 2.69. The number of ether oxygens (including phenoxy) is 1. The molecule has 0 aromatic heterocycles. The van der Waals surface area contributed by atoms with Gasteiger partial charge in [-0.3, -0.25) is 4.79 Å². The molecular formula is C13H15BrN2O2. The summed E-state index contributed by atoms with van der Waals surface area (Å²) in [4.78, 5) is 12.7. The number of rotatable bonds is 6. The van der Waals surface area contributed by atoms with Gasteiger partial charge >= 0.3 is 0 Å². The highest BCUT2D eigenvalue weighted by Crippen LogP contribution is 2.25. The second-order valence-corrected chi connectivity index (χ2v) is 4.86. The number of carbonyl (C=O) groups excluding carboxylic acids is 1. The van der Waals surface area contributed by atoms with E-state index in [1.165, 1.54) is 0 Å². The number of halogens is 1. The quantitative estimate of drug-likeness (QED) is 0.759. The van der Waals surface area contributed by atoms with Crippen LogP contribution in [-0.2, 0) is 11.3 Å². The standard InChI is InChI=1S/C13H15BrN2O2/c1-10(5-6-15)16(9-17)8-11-3-4-12(14)7-13(11)18-2/h3-4,7,9-10H,5,8H2,1-2H3. The predicted octanol–water partition coefficient (Wildman–Crippen LogP) is 2.72. The lowest BCUT2D eigenvalue weighted by atomic mass is 10.1. The van der Waals surface area contributed by atoms with E-state index in [2.05, 4.69) is 22.0 Å². The zero-order valence-electron chi connectivity index (χ0n) is 10.4. The normalized spacial score (nSPS) is 11.4. The fraction of sp³-hybridized carbons (Fsp3) is 0.385. The van der Waals surface area contributed by atoms with Gasteiger partial charge in [-0.15, -0.1) is 0 Å². The first-order valence-corrected chi connectivity index (χ1v) is 6.32. The Kier molecular flexibility index (Phi) is 5.66. The highest BCUT2D eigenvalue weighted by atomic mass is 79.9. The van der Waals surface area contributed by atoms with E-state index in [4.69, 9.17) is 10.00 Å². The molecule has 0 heterocycles. The molecule has 1 aromatic carbocycles. The fourth-order valence-electron chi connectivity index (χ4n) is 1.59. The van der Waals surface area contributed by atoms with Crippen LogP contribution >= 0.6 is 15.9 Å². The number of carbonyl (C=O) groups is 1. The number of amides is 1. The van der Waals surface area contributed by atoms with Gasteiger partial charge < -0.3 is 9.64 Å². The minimum atomic E-state index is -0.110. The largest absolute Gasteiger partial charge is 0.496 e. The lowest BCUT2D eigenvalue weighted by Crippen LogP contribution is -2.31. The molecule has 1 unspecified atom stereocenters. The predicted molar refractivity (Wildman–Crippen MR) is 72.0 cm³/mol. The Morgan fingerprint density at radius 3 is 2.89 bits per heavy atom. The van der Waals surface area contributed by atoms with Gasteiger partial charge in [0.15, 0.2) is 0 Å². The summed E-state index contributed by atoms with van der Waals surface area (Å²) in [5.41, 5.74) is 0.914. The Hall–Kier alpha value is -1.54. The van der Waals surface area contributed by atoms with Crippen LogP contribution in [0, 0.1) is 11.3 Å². The fourth-order valence-corrected chi connectivity index (χ4v) is 1.93. The van der Waals surface area contributed by atoms with Crippen molar-refractivity contribution in [1.82, 2.24) is 4.90 Å². The molecule has 0 aliphatic heterocycles. The van der Waals surface area contributed by atoms with Gasteiger partial charge in [-0.05, 0) is 19.1 Å². The average molecular weight is 311 g/mol. The molecule has 96 valence electrons. The van der Waals surface area contributed by atoms with E-state index in [-0.39, 0.29) is 6.04 Å². The molecule has 0 spiro atoms. The summed E-state index contributed by atoms with van der Waals surface area (Å²) in [6.45, 7) is 2.28. The Morgan fingerprint density at radius 2 is 2.33 bits per heavy atom. The Bertz CT molecular complexity index is 457. The van der Waals surface area contributed by atoms with E-state index in [0.29, 0.717) is 13.0 Å². The topological polar surface area (TPSA) is 53.3 Å². The molecule has 18 heavy (non-hydrogen) atoms. The summed E-state index contributed by atoms with van der Waals surface area (Å²) in [6.07, 6.45) is 1.08. The van der Waals surface area contributed by atoms with Crippen molar-refractivity contribution in [1.29, 1.82) is 5.26 Å². The minimum Gasteiger partial charge on any atom is -0.496 e. The van der Waals surface area contributed by atoms with Crippen LogP contribution in [-0.4, -0.2) is 24.5 Å². The summed E-state index contributed by atoms with van der Waals surface area (Å²) in [7, 11) is 1.59. The molecule has 5 heteroatoms. The van der Waals surface area contributed by atoms with Gasteiger partial charge in [-0.2, -0.15) is 5.26 Å². The van der Waals surface area contributed by atoms with Crippen LogP contribution in [0.15, 0.2) is 22.7 Å². The van der Waals surface area contributed by atoms with Gasteiger partial charge in [-0.25, -0.2) is 0 Å². The van der Waals surface area contributed by atoms with Crippen LogP contribution in [0.3, 0.4) is 0 Å². The van der Waals surface area contributed by atoms with Crippen molar-refractivity contribution in [2.24, 2.45) is 0 Å². The van der Waals surface area contributed by atoms with Crippen molar-refractivity contribution in [2.75, 3.05) is 7.11 Å². The summed E-state index contributed by atoms with van der Waals surface area (Å²) < 4.78 is 6.20. The Labute approximate surface area is 115 Å². The van der Waals surface area contributed by atoms with Crippen molar-refractivity contribution < 1.29 is 9.53 Å². The first-order valence-electron chi connectivity index (χ1n) is 5.52. The summed E-state index contributed by atoms with van der Waals surface area (Å²) >= 11 is 3.37. The van der Waals surface area contributed by atoms with E-state index in [1.807, 2.05) is 25.1 Å². The van der Waals surface area contributed by atoms with Crippen molar-refractivity contribution in [2.45, 2.75) is 25.9 Å². The maximum Gasteiger partial charge on any atom is 0.210 e. The lowest BCUT2D eigenvalue weighted by Gasteiger charge is -2.24. The molecule has 0 saturated heterocycles. The number of hydrogen-bond donors (Lipinski definition) is 0. The first-order chi connectivity index (χ1) is 8.62. The minimum absolute atomic E-state index is 0.110. The zero-order chi connectivity index (χ0) is 13.5. The summed E-state index contributed by atoms with van der Waals surface area (Å²) in [6, 6.07) is 7.61. The molecular weight excluding hydrogens is 296 g/mol.